The van der Waals surface area contributed by atoms with Crippen molar-refractivity contribution in [2.24, 2.45) is 5.92 Å². The van der Waals surface area contributed by atoms with Crippen LogP contribution in [0.25, 0.3) is 0 Å². The number of carbonyl (C=O) groups is 1. The lowest BCUT2D eigenvalue weighted by atomic mass is 9.96. The fourth-order valence-corrected chi connectivity index (χ4v) is 3.89. The molecule has 1 atom stereocenters. The quantitative estimate of drug-likeness (QED) is 0.884. The van der Waals surface area contributed by atoms with Crippen molar-refractivity contribution in [1.29, 1.82) is 0 Å². The molecule has 2 fully saturated rings. The lowest BCUT2D eigenvalue weighted by molar-refractivity contribution is -0.125. The molecule has 2 aliphatic rings. The van der Waals surface area contributed by atoms with Gasteiger partial charge < -0.3 is 10.2 Å². The minimum atomic E-state index is 0.125. The number of anilines is 1. The summed E-state index contributed by atoms with van der Waals surface area (Å²) in [6.07, 6.45) is 7.48. The van der Waals surface area contributed by atoms with Gasteiger partial charge in [-0.2, -0.15) is 0 Å². The van der Waals surface area contributed by atoms with Crippen molar-refractivity contribution in [2.45, 2.75) is 52.0 Å². The number of carbonyl (C=O) groups excluding carboxylic acids is 1. The monoisotopic (exact) mass is 345 g/mol. The number of aromatic nitrogens is 2. The zero-order valence-corrected chi connectivity index (χ0v) is 15.6. The lowest BCUT2D eigenvalue weighted by Gasteiger charge is -2.34. The van der Waals surface area contributed by atoms with Gasteiger partial charge in [-0.15, -0.1) is 0 Å². The van der Waals surface area contributed by atoms with E-state index in [1.807, 2.05) is 13.0 Å². The first-order valence-electron chi connectivity index (χ1n) is 9.70. The predicted octanol–water partition coefficient (Wildman–Crippen LogP) is 1.99. The van der Waals surface area contributed by atoms with Crippen molar-refractivity contribution in [1.82, 2.24) is 20.2 Å². The molecule has 0 saturated carbocycles. The highest BCUT2D eigenvalue weighted by Gasteiger charge is 2.26. The SMILES string of the molecule is Cc1ccnc(N2CCC(C(=O)NCCN3CCCC[C@H]3C)CC2)n1. The van der Waals surface area contributed by atoms with Gasteiger partial charge in [0.05, 0.1) is 0 Å². The molecule has 6 nitrogen and oxygen atoms in total. The van der Waals surface area contributed by atoms with Gasteiger partial charge in [0.25, 0.3) is 0 Å². The van der Waals surface area contributed by atoms with E-state index in [4.69, 9.17) is 0 Å². The van der Waals surface area contributed by atoms with Crippen LogP contribution in [0.5, 0.6) is 0 Å². The summed E-state index contributed by atoms with van der Waals surface area (Å²) in [6.45, 7) is 8.90. The van der Waals surface area contributed by atoms with Crippen molar-refractivity contribution < 1.29 is 4.79 Å². The van der Waals surface area contributed by atoms with Crippen molar-refractivity contribution in [3.05, 3.63) is 18.0 Å². The molecule has 0 unspecified atom stereocenters. The van der Waals surface area contributed by atoms with Gasteiger partial charge in [0.15, 0.2) is 0 Å². The fourth-order valence-electron chi connectivity index (χ4n) is 3.89. The standard InChI is InChI=1S/C19H31N5O/c1-15-6-9-21-19(22-15)24-12-7-17(8-13-24)18(25)20-10-14-23-11-4-3-5-16(23)2/h6,9,16-17H,3-5,7-8,10-14H2,1-2H3,(H,20,25)/t16-/m1/s1. The van der Waals surface area contributed by atoms with Gasteiger partial charge in [-0.25, -0.2) is 9.97 Å². The van der Waals surface area contributed by atoms with Gasteiger partial charge in [0.1, 0.15) is 0 Å². The molecule has 0 aliphatic carbocycles. The summed E-state index contributed by atoms with van der Waals surface area (Å²) < 4.78 is 0. The molecule has 0 aromatic carbocycles. The Bertz CT molecular complexity index is 571. The summed E-state index contributed by atoms with van der Waals surface area (Å²) in [5, 5.41) is 3.15. The molecule has 0 spiro atoms. The molecule has 25 heavy (non-hydrogen) atoms. The zero-order chi connectivity index (χ0) is 17.6. The number of piperidine rings is 2. The predicted molar refractivity (Wildman–Crippen MR) is 99.6 cm³/mol. The van der Waals surface area contributed by atoms with Crippen LogP contribution in [0.4, 0.5) is 5.95 Å². The molecule has 1 aromatic heterocycles. The second-order valence-corrected chi connectivity index (χ2v) is 7.43. The van der Waals surface area contributed by atoms with Gasteiger partial charge in [-0.3, -0.25) is 9.69 Å². The Balaban J connectivity index is 1.39. The fraction of sp³-hybridized carbons (Fsp3) is 0.737. The van der Waals surface area contributed by atoms with Crippen LogP contribution in [-0.4, -0.2) is 59.5 Å². The average Bonchev–Trinajstić information content (AvgIpc) is 2.63. The number of aryl methyl sites for hydroxylation is 1. The molecule has 0 radical (unpaired) electrons. The zero-order valence-electron chi connectivity index (χ0n) is 15.6. The Morgan fingerprint density at radius 2 is 2.04 bits per heavy atom. The second kappa shape index (κ2) is 8.61. The van der Waals surface area contributed by atoms with E-state index >= 15 is 0 Å². The molecule has 1 N–H and O–H groups in total. The van der Waals surface area contributed by atoms with Crippen LogP contribution in [0.2, 0.25) is 0 Å². The number of hydrogen-bond acceptors (Lipinski definition) is 5. The highest BCUT2D eigenvalue weighted by Crippen LogP contribution is 2.21. The third kappa shape index (κ3) is 4.91. The Morgan fingerprint density at radius 3 is 2.76 bits per heavy atom. The summed E-state index contributed by atoms with van der Waals surface area (Å²) >= 11 is 0. The van der Waals surface area contributed by atoms with E-state index in [1.165, 1.54) is 25.8 Å². The van der Waals surface area contributed by atoms with Crippen LogP contribution in [-0.2, 0) is 4.79 Å². The third-order valence-electron chi connectivity index (χ3n) is 5.57. The largest absolute Gasteiger partial charge is 0.355 e. The molecule has 3 rings (SSSR count). The normalized spacial score (nSPS) is 22.8. The minimum Gasteiger partial charge on any atom is -0.355 e. The van der Waals surface area contributed by atoms with Crippen molar-refractivity contribution >= 4 is 11.9 Å². The maximum Gasteiger partial charge on any atom is 0.225 e. The summed E-state index contributed by atoms with van der Waals surface area (Å²) in [5.41, 5.74) is 0.983. The number of hydrogen-bond donors (Lipinski definition) is 1. The number of rotatable bonds is 5. The van der Waals surface area contributed by atoms with Crippen LogP contribution in [0.3, 0.4) is 0 Å². The van der Waals surface area contributed by atoms with E-state index in [2.05, 4.69) is 32.0 Å². The van der Waals surface area contributed by atoms with Crippen LogP contribution >= 0.6 is 0 Å². The van der Waals surface area contributed by atoms with E-state index in [1.54, 1.807) is 6.20 Å². The molecule has 2 aliphatic heterocycles. The topological polar surface area (TPSA) is 61.4 Å². The number of likely N-dealkylation sites (tertiary alicyclic amines) is 1. The molecule has 0 bridgehead atoms. The van der Waals surface area contributed by atoms with Gasteiger partial charge in [0.2, 0.25) is 11.9 Å². The molecule has 6 heteroatoms. The minimum absolute atomic E-state index is 0.125. The number of amides is 1. The highest BCUT2D eigenvalue weighted by molar-refractivity contribution is 5.78. The summed E-state index contributed by atoms with van der Waals surface area (Å²) in [5.74, 6) is 1.13. The number of nitrogens with one attached hydrogen (secondary N) is 1. The van der Waals surface area contributed by atoms with Crippen molar-refractivity contribution in [3.63, 3.8) is 0 Å². The van der Waals surface area contributed by atoms with Crippen LogP contribution < -0.4 is 10.2 Å². The molecular formula is C19H31N5O. The molecule has 1 amide bonds. The first kappa shape index (κ1) is 18.1. The highest BCUT2D eigenvalue weighted by atomic mass is 16.1. The van der Waals surface area contributed by atoms with Gasteiger partial charge >= 0.3 is 0 Å². The van der Waals surface area contributed by atoms with Crippen LogP contribution in [0.1, 0.15) is 44.7 Å². The third-order valence-corrected chi connectivity index (χ3v) is 5.57. The molecular weight excluding hydrogens is 314 g/mol. The average molecular weight is 345 g/mol. The summed E-state index contributed by atoms with van der Waals surface area (Å²) in [4.78, 5) is 26.0. The lowest BCUT2D eigenvalue weighted by Crippen LogP contribution is -2.45. The molecule has 3 heterocycles. The van der Waals surface area contributed by atoms with Crippen molar-refractivity contribution in [2.75, 3.05) is 37.6 Å². The van der Waals surface area contributed by atoms with Crippen LogP contribution in [0.15, 0.2) is 12.3 Å². The van der Waals surface area contributed by atoms with E-state index in [-0.39, 0.29) is 11.8 Å². The van der Waals surface area contributed by atoms with Gasteiger partial charge in [0, 0.05) is 50.0 Å². The Kier molecular flexibility index (Phi) is 6.24. The first-order valence-corrected chi connectivity index (χ1v) is 9.70. The van der Waals surface area contributed by atoms with Crippen LogP contribution in [0, 0.1) is 12.8 Å². The molecule has 1 aromatic rings. The van der Waals surface area contributed by atoms with Gasteiger partial charge in [-0.1, -0.05) is 6.42 Å². The summed E-state index contributed by atoms with van der Waals surface area (Å²) in [6, 6.07) is 2.57. The van der Waals surface area contributed by atoms with Crippen molar-refractivity contribution in [3.8, 4) is 0 Å². The van der Waals surface area contributed by atoms with E-state index in [0.717, 1.165) is 50.7 Å². The van der Waals surface area contributed by atoms with E-state index in [9.17, 15) is 4.79 Å². The first-order chi connectivity index (χ1) is 12.1. The maximum absolute atomic E-state index is 12.4. The summed E-state index contributed by atoms with van der Waals surface area (Å²) in [7, 11) is 0. The number of nitrogens with zero attached hydrogens (tertiary/aromatic N) is 4. The Hall–Kier alpha value is -1.69. The maximum atomic E-state index is 12.4. The molecule has 138 valence electrons. The Morgan fingerprint density at radius 1 is 1.24 bits per heavy atom. The Labute approximate surface area is 151 Å². The smallest absolute Gasteiger partial charge is 0.225 e. The van der Waals surface area contributed by atoms with E-state index in [0.29, 0.717) is 6.04 Å². The molecule has 2 saturated heterocycles. The van der Waals surface area contributed by atoms with E-state index < -0.39 is 0 Å². The second-order valence-electron chi connectivity index (χ2n) is 7.43. The van der Waals surface area contributed by atoms with Gasteiger partial charge in [-0.05, 0) is 52.1 Å².